The Kier molecular flexibility index (Phi) is 3.89. The number of aryl methyl sites for hydroxylation is 1. The third-order valence-electron chi connectivity index (χ3n) is 3.08. The molecule has 0 amide bonds. The third kappa shape index (κ3) is 2.84. The van der Waals surface area contributed by atoms with Crippen LogP contribution < -0.4 is 11.2 Å². The van der Waals surface area contributed by atoms with Crippen LogP contribution in [0.25, 0.3) is 6.08 Å². The summed E-state index contributed by atoms with van der Waals surface area (Å²) in [6.07, 6.45) is 3.52. The van der Waals surface area contributed by atoms with Crippen molar-refractivity contribution >= 4 is 11.9 Å². The summed E-state index contributed by atoms with van der Waals surface area (Å²) in [6, 6.07) is 4.32. The van der Waals surface area contributed by atoms with E-state index in [1.54, 1.807) is 6.92 Å². The Bertz CT molecular complexity index is 842. The third-order valence-corrected chi connectivity index (χ3v) is 3.08. The zero-order valence-corrected chi connectivity index (χ0v) is 11.5. The lowest BCUT2D eigenvalue weighted by Gasteiger charge is -2.07. The fourth-order valence-corrected chi connectivity index (χ4v) is 1.79. The Morgan fingerprint density at radius 1 is 1.38 bits per heavy atom. The summed E-state index contributed by atoms with van der Waals surface area (Å²) in [5.41, 5.74) is -0.819. The van der Waals surface area contributed by atoms with Crippen LogP contribution in [0.3, 0.4) is 0 Å². The Morgan fingerprint density at radius 3 is 2.76 bits per heavy atom. The number of allylic oxidation sites excluding steroid dienone is 1. The second-order valence-electron chi connectivity index (χ2n) is 4.46. The van der Waals surface area contributed by atoms with E-state index in [9.17, 15) is 19.5 Å². The molecule has 0 aromatic carbocycles. The van der Waals surface area contributed by atoms with Crippen molar-refractivity contribution in [3.05, 3.63) is 68.1 Å². The van der Waals surface area contributed by atoms with Gasteiger partial charge in [-0.15, -0.1) is 0 Å². The van der Waals surface area contributed by atoms with Gasteiger partial charge in [-0.25, -0.2) is 4.79 Å². The molecule has 0 spiro atoms. The summed E-state index contributed by atoms with van der Waals surface area (Å²) in [5, 5.41) is 9.77. The molecular formula is C15H13NO5. The van der Waals surface area contributed by atoms with Gasteiger partial charge >= 0.3 is 5.63 Å². The van der Waals surface area contributed by atoms with E-state index in [-0.39, 0.29) is 16.9 Å². The first kappa shape index (κ1) is 14.5. The first-order valence-corrected chi connectivity index (χ1v) is 6.11. The van der Waals surface area contributed by atoms with Crippen molar-refractivity contribution in [1.82, 2.24) is 4.57 Å². The Balaban J connectivity index is 2.43. The van der Waals surface area contributed by atoms with E-state index in [0.717, 1.165) is 6.08 Å². The smallest absolute Gasteiger partial charge is 0.342 e. The number of ketones is 1. The molecule has 0 aliphatic rings. The van der Waals surface area contributed by atoms with Crippen LogP contribution in [0, 0.1) is 6.92 Å². The highest BCUT2D eigenvalue weighted by atomic mass is 16.4. The van der Waals surface area contributed by atoms with Gasteiger partial charge in [-0.05, 0) is 31.2 Å². The summed E-state index contributed by atoms with van der Waals surface area (Å²) in [6.45, 7) is 1.64. The van der Waals surface area contributed by atoms with Crippen molar-refractivity contribution < 1.29 is 14.3 Å². The van der Waals surface area contributed by atoms with Gasteiger partial charge in [0.05, 0.1) is 11.8 Å². The highest BCUT2D eigenvalue weighted by Crippen LogP contribution is 2.15. The number of nitrogens with zero attached hydrogens (tertiary/aromatic N) is 1. The normalized spacial score (nSPS) is 11.0. The minimum atomic E-state index is -0.684. The van der Waals surface area contributed by atoms with Gasteiger partial charge in [0, 0.05) is 18.8 Å². The minimum absolute atomic E-state index is 0.175. The van der Waals surface area contributed by atoms with E-state index in [4.69, 9.17) is 0 Å². The molecule has 108 valence electrons. The summed E-state index contributed by atoms with van der Waals surface area (Å²) in [4.78, 5) is 35.4. The molecule has 0 unspecified atom stereocenters. The van der Waals surface area contributed by atoms with Gasteiger partial charge in [0.25, 0.3) is 5.56 Å². The fraction of sp³-hybridized carbons (Fsp3) is 0.133. The predicted molar refractivity (Wildman–Crippen MR) is 76.4 cm³/mol. The predicted octanol–water partition coefficient (Wildman–Crippen LogP) is 1.25. The quantitative estimate of drug-likeness (QED) is 0.677. The zero-order chi connectivity index (χ0) is 15.6. The summed E-state index contributed by atoms with van der Waals surface area (Å²) >= 11 is 0. The highest BCUT2D eigenvalue weighted by molar-refractivity contribution is 6.08. The van der Waals surface area contributed by atoms with Crippen molar-refractivity contribution in [2.75, 3.05) is 0 Å². The maximum atomic E-state index is 12.0. The van der Waals surface area contributed by atoms with Crippen LogP contribution in [-0.4, -0.2) is 15.5 Å². The van der Waals surface area contributed by atoms with Gasteiger partial charge in [-0.2, -0.15) is 0 Å². The second kappa shape index (κ2) is 5.62. The van der Waals surface area contributed by atoms with E-state index in [1.807, 2.05) is 0 Å². The molecule has 6 heteroatoms. The van der Waals surface area contributed by atoms with Crippen molar-refractivity contribution in [2.24, 2.45) is 7.05 Å². The lowest BCUT2D eigenvalue weighted by Crippen LogP contribution is -2.25. The van der Waals surface area contributed by atoms with Gasteiger partial charge in [-0.1, -0.05) is 0 Å². The number of carbonyl (C=O) groups is 1. The van der Waals surface area contributed by atoms with Gasteiger partial charge < -0.3 is 14.1 Å². The van der Waals surface area contributed by atoms with E-state index < -0.39 is 17.0 Å². The molecule has 2 aromatic heterocycles. The molecule has 0 atom stereocenters. The Labute approximate surface area is 119 Å². The average Bonchev–Trinajstić information content (AvgIpc) is 2.44. The van der Waals surface area contributed by atoms with Crippen molar-refractivity contribution in [3.63, 3.8) is 0 Å². The molecule has 21 heavy (non-hydrogen) atoms. The molecule has 1 N–H and O–H groups in total. The van der Waals surface area contributed by atoms with Gasteiger partial charge in [-0.3, -0.25) is 9.59 Å². The number of aromatic hydroxyl groups is 1. The number of hydrogen-bond acceptors (Lipinski definition) is 5. The SMILES string of the molecule is Cc1cc(O)c(C(=O)/C=C/c2cccoc2=O)c(=O)n1C. The number of pyridine rings is 1. The minimum Gasteiger partial charge on any atom is -0.507 e. The van der Waals surface area contributed by atoms with Crippen LogP contribution in [0.5, 0.6) is 5.75 Å². The fourth-order valence-electron chi connectivity index (χ4n) is 1.79. The molecule has 0 fully saturated rings. The van der Waals surface area contributed by atoms with Crippen LogP contribution in [0.4, 0.5) is 0 Å². The molecule has 6 nitrogen and oxygen atoms in total. The summed E-state index contributed by atoms with van der Waals surface area (Å²) < 4.78 is 5.91. The average molecular weight is 287 g/mol. The topological polar surface area (TPSA) is 89.5 Å². The summed E-state index contributed by atoms with van der Waals surface area (Å²) in [7, 11) is 1.50. The van der Waals surface area contributed by atoms with Crippen molar-refractivity contribution in [2.45, 2.75) is 6.92 Å². The summed E-state index contributed by atoms with van der Waals surface area (Å²) in [5.74, 6) is -1.07. The monoisotopic (exact) mass is 287 g/mol. The standard InChI is InChI=1S/C15H13NO5/c1-9-8-12(18)13(14(19)16(9)2)11(17)6-5-10-4-3-7-21-15(10)20/h3-8,18H,1-2H3/b6-5+. The molecule has 0 aliphatic carbocycles. The van der Waals surface area contributed by atoms with Crippen LogP contribution in [0.1, 0.15) is 21.6 Å². The Morgan fingerprint density at radius 2 is 2.10 bits per heavy atom. The molecule has 0 radical (unpaired) electrons. The van der Waals surface area contributed by atoms with Crippen molar-refractivity contribution in [1.29, 1.82) is 0 Å². The molecule has 2 heterocycles. The molecule has 0 saturated carbocycles. The number of hydrogen-bond donors (Lipinski definition) is 1. The first-order valence-electron chi connectivity index (χ1n) is 6.11. The second-order valence-corrected chi connectivity index (χ2v) is 4.46. The number of rotatable bonds is 3. The molecule has 0 bridgehead atoms. The molecular weight excluding hydrogens is 274 g/mol. The lowest BCUT2D eigenvalue weighted by molar-refractivity contribution is 0.104. The van der Waals surface area contributed by atoms with Gasteiger partial charge in [0.2, 0.25) is 0 Å². The zero-order valence-electron chi connectivity index (χ0n) is 11.5. The van der Waals surface area contributed by atoms with Crippen LogP contribution in [0.2, 0.25) is 0 Å². The highest BCUT2D eigenvalue weighted by Gasteiger charge is 2.16. The number of carbonyl (C=O) groups excluding carboxylic acids is 1. The van der Waals surface area contributed by atoms with Gasteiger partial charge in [0.15, 0.2) is 5.78 Å². The Hall–Kier alpha value is -2.89. The first-order chi connectivity index (χ1) is 9.91. The molecule has 2 rings (SSSR count). The van der Waals surface area contributed by atoms with Crippen LogP contribution in [-0.2, 0) is 7.05 Å². The van der Waals surface area contributed by atoms with Gasteiger partial charge in [0.1, 0.15) is 11.3 Å². The van der Waals surface area contributed by atoms with E-state index >= 15 is 0 Å². The lowest BCUT2D eigenvalue weighted by atomic mass is 10.1. The molecule has 0 aliphatic heterocycles. The van der Waals surface area contributed by atoms with E-state index in [1.165, 1.54) is 42.2 Å². The number of aromatic nitrogens is 1. The van der Waals surface area contributed by atoms with E-state index in [0.29, 0.717) is 5.69 Å². The van der Waals surface area contributed by atoms with Crippen LogP contribution >= 0.6 is 0 Å². The molecule has 2 aromatic rings. The molecule has 0 saturated heterocycles. The van der Waals surface area contributed by atoms with Crippen molar-refractivity contribution in [3.8, 4) is 5.75 Å². The largest absolute Gasteiger partial charge is 0.507 e. The maximum absolute atomic E-state index is 12.0. The maximum Gasteiger partial charge on any atom is 0.342 e. The van der Waals surface area contributed by atoms with Crippen LogP contribution in [0.15, 0.2) is 44.5 Å². The van der Waals surface area contributed by atoms with E-state index in [2.05, 4.69) is 4.42 Å².